The molecular formula is C14H20N2S. The summed E-state index contributed by atoms with van der Waals surface area (Å²) in [4.78, 5) is 5.90. The largest absolute Gasteiger partial charge is 0.362 e. The summed E-state index contributed by atoms with van der Waals surface area (Å²) in [6, 6.07) is 0.339. The molecule has 0 spiro atoms. The summed E-state index contributed by atoms with van der Waals surface area (Å²) in [7, 11) is 0. The van der Waals surface area contributed by atoms with E-state index in [0.29, 0.717) is 6.04 Å². The predicted octanol–water partition coefficient (Wildman–Crippen LogP) is 4.11. The second kappa shape index (κ2) is 5.05. The molecule has 2 rings (SSSR count). The Balaban J connectivity index is 2.35. The van der Waals surface area contributed by atoms with Crippen LogP contribution in [0.25, 0.3) is 0 Å². The molecule has 0 fully saturated rings. The van der Waals surface area contributed by atoms with Crippen molar-refractivity contribution in [2.75, 3.05) is 0 Å². The van der Waals surface area contributed by atoms with Gasteiger partial charge in [0.15, 0.2) is 0 Å². The van der Waals surface area contributed by atoms with E-state index in [1.165, 1.54) is 21.6 Å². The smallest absolute Gasteiger partial charge is 0.102 e. The second-order valence-corrected chi connectivity index (χ2v) is 5.38. The number of aliphatic imine (C=N–C) groups is 1. The van der Waals surface area contributed by atoms with E-state index in [4.69, 9.17) is 0 Å². The number of aryl methyl sites for hydroxylation is 1. The first kappa shape index (κ1) is 12.4. The zero-order valence-corrected chi connectivity index (χ0v) is 11.8. The van der Waals surface area contributed by atoms with Gasteiger partial charge in [0.25, 0.3) is 0 Å². The van der Waals surface area contributed by atoms with Gasteiger partial charge in [0.2, 0.25) is 0 Å². The van der Waals surface area contributed by atoms with Gasteiger partial charge in [-0.05, 0) is 42.3 Å². The highest BCUT2D eigenvalue weighted by atomic mass is 32.1. The van der Waals surface area contributed by atoms with Gasteiger partial charge in [-0.2, -0.15) is 0 Å². The van der Waals surface area contributed by atoms with Crippen LogP contribution in [0.1, 0.15) is 48.7 Å². The molecule has 1 aliphatic heterocycles. The number of amidine groups is 1. The Bertz CT molecular complexity index is 469. The van der Waals surface area contributed by atoms with E-state index in [1.54, 1.807) is 0 Å². The van der Waals surface area contributed by atoms with E-state index < -0.39 is 0 Å². The van der Waals surface area contributed by atoms with Crippen LogP contribution in [0.5, 0.6) is 0 Å². The van der Waals surface area contributed by atoms with Crippen LogP contribution in [0.3, 0.4) is 0 Å². The van der Waals surface area contributed by atoms with E-state index in [0.717, 1.165) is 18.7 Å². The van der Waals surface area contributed by atoms with Crippen molar-refractivity contribution >= 4 is 17.2 Å². The monoisotopic (exact) mass is 248 g/mol. The van der Waals surface area contributed by atoms with Crippen LogP contribution >= 0.6 is 11.3 Å². The number of nitrogens with zero attached hydrogens (tertiary/aromatic N) is 1. The lowest BCUT2D eigenvalue weighted by Crippen LogP contribution is -2.31. The number of hydrogen-bond acceptors (Lipinski definition) is 3. The first-order chi connectivity index (χ1) is 8.17. The standard InChI is InChI=1S/C14H20N2S/c1-5-11-7-15-12(6-2)16-13(11)14-10(4)9(3)8-17-14/h7-8,13H,5-6H2,1-4H3,(H,15,16). The first-order valence-electron chi connectivity index (χ1n) is 6.24. The topological polar surface area (TPSA) is 24.4 Å². The maximum Gasteiger partial charge on any atom is 0.102 e. The van der Waals surface area contributed by atoms with Gasteiger partial charge in [0.1, 0.15) is 5.84 Å². The Morgan fingerprint density at radius 3 is 2.59 bits per heavy atom. The molecule has 1 N–H and O–H groups in total. The highest BCUT2D eigenvalue weighted by molar-refractivity contribution is 7.10. The summed E-state index contributed by atoms with van der Waals surface area (Å²) in [6.07, 6.45) is 4.07. The molecule has 1 aliphatic rings. The molecular weight excluding hydrogens is 228 g/mol. The highest BCUT2D eigenvalue weighted by Gasteiger charge is 2.23. The van der Waals surface area contributed by atoms with Crippen molar-refractivity contribution in [3.8, 4) is 0 Å². The fourth-order valence-electron chi connectivity index (χ4n) is 2.06. The summed E-state index contributed by atoms with van der Waals surface area (Å²) < 4.78 is 0. The zero-order chi connectivity index (χ0) is 12.4. The zero-order valence-electron chi connectivity index (χ0n) is 11.0. The third kappa shape index (κ3) is 2.29. The Morgan fingerprint density at radius 1 is 1.29 bits per heavy atom. The van der Waals surface area contributed by atoms with Crippen LogP contribution in [-0.2, 0) is 0 Å². The SMILES string of the molecule is CCC1=CN=C(CC)NC1c1scc(C)c1C. The minimum absolute atomic E-state index is 0.339. The Hall–Kier alpha value is -1.09. The summed E-state index contributed by atoms with van der Waals surface area (Å²) >= 11 is 1.86. The van der Waals surface area contributed by atoms with Crippen LogP contribution < -0.4 is 5.32 Å². The molecule has 2 heterocycles. The second-order valence-electron chi connectivity index (χ2n) is 4.47. The van der Waals surface area contributed by atoms with Gasteiger partial charge in [-0.25, -0.2) is 4.99 Å². The average Bonchev–Trinajstić information content (AvgIpc) is 2.69. The lowest BCUT2D eigenvalue weighted by Gasteiger charge is -2.25. The van der Waals surface area contributed by atoms with Gasteiger partial charge in [0, 0.05) is 17.5 Å². The normalized spacial score (nSPS) is 19.6. The van der Waals surface area contributed by atoms with Crippen molar-refractivity contribution in [2.45, 2.75) is 46.6 Å². The van der Waals surface area contributed by atoms with Crippen LogP contribution in [0, 0.1) is 13.8 Å². The molecule has 0 saturated carbocycles. The van der Waals surface area contributed by atoms with E-state index in [9.17, 15) is 0 Å². The molecule has 1 unspecified atom stereocenters. The maximum absolute atomic E-state index is 4.46. The molecule has 0 bridgehead atoms. The van der Waals surface area contributed by atoms with Gasteiger partial charge in [-0.15, -0.1) is 11.3 Å². The fraction of sp³-hybridized carbons (Fsp3) is 0.500. The fourth-order valence-corrected chi connectivity index (χ4v) is 3.23. The molecule has 1 atom stereocenters. The van der Waals surface area contributed by atoms with Crippen molar-refractivity contribution in [2.24, 2.45) is 4.99 Å². The Labute approximate surface area is 107 Å². The minimum atomic E-state index is 0.339. The summed E-state index contributed by atoms with van der Waals surface area (Å²) in [5.41, 5.74) is 4.19. The van der Waals surface area contributed by atoms with E-state index >= 15 is 0 Å². The van der Waals surface area contributed by atoms with E-state index in [1.807, 2.05) is 11.3 Å². The number of hydrogen-bond donors (Lipinski definition) is 1. The lowest BCUT2D eigenvalue weighted by atomic mass is 9.99. The molecule has 3 heteroatoms. The molecule has 0 aliphatic carbocycles. The van der Waals surface area contributed by atoms with Gasteiger partial charge < -0.3 is 5.32 Å². The van der Waals surface area contributed by atoms with Crippen LogP contribution in [0.2, 0.25) is 0 Å². The molecule has 0 amide bonds. The molecule has 0 radical (unpaired) electrons. The molecule has 17 heavy (non-hydrogen) atoms. The van der Waals surface area contributed by atoms with Crippen LogP contribution in [-0.4, -0.2) is 5.84 Å². The molecule has 0 aromatic carbocycles. The molecule has 2 nitrogen and oxygen atoms in total. The Kier molecular flexibility index (Phi) is 3.67. The van der Waals surface area contributed by atoms with Crippen molar-refractivity contribution < 1.29 is 0 Å². The maximum atomic E-state index is 4.46. The number of thiophene rings is 1. The molecule has 0 saturated heterocycles. The van der Waals surface area contributed by atoms with Gasteiger partial charge in [-0.1, -0.05) is 13.8 Å². The van der Waals surface area contributed by atoms with Gasteiger partial charge >= 0.3 is 0 Å². The molecule has 1 aromatic heterocycles. The number of rotatable bonds is 3. The van der Waals surface area contributed by atoms with Crippen molar-refractivity contribution in [1.82, 2.24) is 5.32 Å². The number of nitrogens with one attached hydrogen (secondary N) is 1. The first-order valence-corrected chi connectivity index (χ1v) is 7.12. The summed E-state index contributed by atoms with van der Waals surface area (Å²) in [5, 5.41) is 5.81. The minimum Gasteiger partial charge on any atom is -0.362 e. The third-order valence-corrected chi connectivity index (χ3v) is 4.66. The average molecular weight is 248 g/mol. The van der Waals surface area contributed by atoms with Crippen LogP contribution in [0.15, 0.2) is 22.1 Å². The Morgan fingerprint density at radius 2 is 2.06 bits per heavy atom. The predicted molar refractivity (Wildman–Crippen MR) is 75.8 cm³/mol. The van der Waals surface area contributed by atoms with E-state index in [-0.39, 0.29) is 0 Å². The van der Waals surface area contributed by atoms with Crippen molar-refractivity contribution in [3.63, 3.8) is 0 Å². The van der Waals surface area contributed by atoms with Crippen molar-refractivity contribution in [1.29, 1.82) is 0 Å². The highest BCUT2D eigenvalue weighted by Crippen LogP contribution is 2.34. The van der Waals surface area contributed by atoms with Gasteiger partial charge in [-0.3, -0.25) is 0 Å². The molecule has 92 valence electrons. The van der Waals surface area contributed by atoms with Gasteiger partial charge in [0.05, 0.1) is 6.04 Å². The van der Waals surface area contributed by atoms with E-state index in [2.05, 4.69) is 49.6 Å². The van der Waals surface area contributed by atoms with Crippen LogP contribution in [0.4, 0.5) is 0 Å². The summed E-state index contributed by atoms with van der Waals surface area (Å²) in [6.45, 7) is 8.73. The lowest BCUT2D eigenvalue weighted by molar-refractivity contribution is 0.697. The molecule has 1 aromatic rings. The summed E-state index contributed by atoms with van der Waals surface area (Å²) in [5.74, 6) is 1.10. The quantitative estimate of drug-likeness (QED) is 0.855. The van der Waals surface area contributed by atoms with Crippen molar-refractivity contribution in [3.05, 3.63) is 33.2 Å². The third-order valence-electron chi connectivity index (χ3n) is 3.40.